The number of hydrogen-bond donors (Lipinski definition) is 0. The molecule has 0 bridgehead atoms. The smallest absolute Gasteiger partial charge is 0.222 e. The zero-order valence-electron chi connectivity index (χ0n) is 14.1. The number of hydrogen-bond acceptors (Lipinski definition) is 5. The lowest BCUT2D eigenvalue weighted by atomic mass is 10.0. The van der Waals surface area contributed by atoms with Gasteiger partial charge in [-0.2, -0.15) is 0 Å². The van der Waals surface area contributed by atoms with Crippen molar-refractivity contribution < 1.29 is 14.3 Å². The number of benzene rings is 1. The van der Waals surface area contributed by atoms with Crippen molar-refractivity contribution in [3.8, 4) is 11.3 Å². The number of nitrogens with zero attached hydrogens (tertiary/aromatic N) is 2. The standard InChI is InChI=1S/C19H22N2O3S/c22-18(21-10-8-19(9-11-21)23-12-13-24-19)7-6-17-20-16(14-25-17)15-4-2-1-3-5-15/h1-5,14H,6-13H2. The van der Waals surface area contributed by atoms with Crippen molar-refractivity contribution in [2.75, 3.05) is 26.3 Å². The minimum Gasteiger partial charge on any atom is -0.347 e. The summed E-state index contributed by atoms with van der Waals surface area (Å²) in [6.07, 6.45) is 2.75. The average Bonchev–Trinajstić information content (AvgIpc) is 3.31. The molecule has 0 unspecified atom stereocenters. The molecule has 2 aliphatic rings. The van der Waals surface area contributed by atoms with Gasteiger partial charge in [-0.3, -0.25) is 4.79 Å². The normalized spacial score (nSPS) is 19.4. The van der Waals surface area contributed by atoms with Gasteiger partial charge >= 0.3 is 0 Å². The van der Waals surface area contributed by atoms with E-state index in [0.717, 1.165) is 29.1 Å². The molecule has 0 saturated carbocycles. The number of rotatable bonds is 4. The number of aryl methyl sites for hydroxylation is 1. The van der Waals surface area contributed by atoms with Crippen LogP contribution in [0.5, 0.6) is 0 Å². The lowest BCUT2D eigenvalue weighted by Gasteiger charge is -2.37. The molecule has 6 heteroatoms. The van der Waals surface area contributed by atoms with Gasteiger partial charge in [0.2, 0.25) is 5.91 Å². The number of thiazole rings is 1. The Morgan fingerprint density at radius 2 is 1.88 bits per heavy atom. The lowest BCUT2D eigenvalue weighted by Crippen LogP contribution is -2.47. The molecule has 1 aromatic carbocycles. The second-order valence-electron chi connectivity index (χ2n) is 6.48. The van der Waals surface area contributed by atoms with Crippen LogP contribution in [-0.2, 0) is 20.7 Å². The third-order valence-electron chi connectivity index (χ3n) is 4.87. The summed E-state index contributed by atoms with van der Waals surface area (Å²) in [5.41, 5.74) is 2.11. The maximum Gasteiger partial charge on any atom is 0.222 e. The van der Waals surface area contributed by atoms with E-state index < -0.39 is 5.79 Å². The maximum atomic E-state index is 12.5. The van der Waals surface area contributed by atoms with Crippen molar-refractivity contribution >= 4 is 17.2 Å². The van der Waals surface area contributed by atoms with Gasteiger partial charge in [0, 0.05) is 49.7 Å². The molecule has 2 fully saturated rings. The molecule has 25 heavy (non-hydrogen) atoms. The van der Waals surface area contributed by atoms with Crippen LogP contribution in [0.2, 0.25) is 0 Å². The molecule has 132 valence electrons. The van der Waals surface area contributed by atoms with Crippen LogP contribution in [0, 0.1) is 0 Å². The molecular formula is C19H22N2O3S. The molecule has 0 aliphatic carbocycles. The Morgan fingerprint density at radius 1 is 1.16 bits per heavy atom. The van der Waals surface area contributed by atoms with E-state index in [4.69, 9.17) is 9.47 Å². The third kappa shape index (κ3) is 3.76. The molecular weight excluding hydrogens is 336 g/mol. The van der Waals surface area contributed by atoms with Gasteiger partial charge in [-0.05, 0) is 0 Å². The van der Waals surface area contributed by atoms with Crippen LogP contribution in [0.1, 0.15) is 24.3 Å². The SMILES string of the molecule is O=C(CCc1nc(-c2ccccc2)cs1)N1CCC2(CC1)OCCO2. The van der Waals surface area contributed by atoms with Gasteiger partial charge in [-0.1, -0.05) is 30.3 Å². The molecule has 2 aromatic rings. The van der Waals surface area contributed by atoms with Gasteiger partial charge in [-0.25, -0.2) is 4.98 Å². The maximum absolute atomic E-state index is 12.5. The molecule has 1 amide bonds. The van der Waals surface area contributed by atoms with E-state index in [9.17, 15) is 4.79 Å². The Bertz CT molecular complexity index is 715. The average molecular weight is 358 g/mol. The van der Waals surface area contributed by atoms with Crippen LogP contribution in [-0.4, -0.2) is 47.9 Å². The molecule has 0 radical (unpaired) electrons. The van der Waals surface area contributed by atoms with E-state index in [-0.39, 0.29) is 5.91 Å². The largest absolute Gasteiger partial charge is 0.347 e. The van der Waals surface area contributed by atoms with E-state index in [1.54, 1.807) is 11.3 Å². The quantitative estimate of drug-likeness (QED) is 0.843. The molecule has 1 aromatic heterocycles. The second kappa shape index (κ2) is 7.23. The van der Waals surface area contributed by atoms with E-state index in [1.807, 2.05) is 23.1 Å². The Kier molecular flexibility index (Phi) is 4.83. The van der Waals surface area contributed by atoms with Crippen LogP contribution in [0.4, 0.5) is 0 Å². The number of piperidine rings is 1. The number of carbonyl (C=O) groups excluding carboxylic acids is 1. The third-order valence-corrected chi connectivity index (χ3v) is 5.77. The Balaban J connectivity index is 1.29. The Hall–Kier alpha value is -1.76. The van der Waals surface area contributed by atoms with Gasteiger partial charge in [0.15, 0.2) is 5.79 Å². The summed E-state index contributed by atoms with van der Waals surface area (Å²) in [6.45, 7) is 2.77. The number of ether oxygens (including phenoxy) is 2. The first kappa shape index (κ1) is 16.7. The molecule has 1 spiro atoms. The topological polar surface area (TPSA) is 51.7 Å². The van der Waals surface area contributed by atoms with E-state index in [2.05, 4.69) is 22.5 Å². The molecule has 2 saturated heterocycles. The van der Waals surface area contributed by atoms with Gasteiger partial charge in [0.1, 0.15) is 0 Å². The first-order valence-corrected chi connectivity index (χ1v) is 9.68. The number of aromatic nitrogens is 1. The predicted molar refractivity (Wildman–Crippen MR) is 96.3 cm³/mol. The van der Waals surface area contributed by atoms with Crippen LogP contribution in [0.25, 0.3) is 11.3 Å². The highest BCUT2D eigenvalue weighted by atomic mass is 32.1. The van der Waals surface area contributed by atoms with Gasteiger partial charge < -0.3 is 14.4 Å². The van der Waals surface area contributed by atoms with E-state index in [1.165, 1.54) is 0 Å². The molecule has 4 rings (SSSR count). The second-order valence-corrected chi connectivity index (χ2v) is 7.42. The first-order chi connectivity index (χ1) is 12.2. The van der Waals surface area contributed by atoms with Gasteiger partial charge in [-0.15, -0.1) is 11.3 Å². The van der Waals surface area contributed by atoms with Gasteiger partial charge in [0.05, 0.1) is 23.9 Å². The van der Waals surface area contributed by atoms with Crippen LogP contribution < -0.4 is 0 Å². The van der Waals surface area contributed by atoms with Crippen LogP contribution in [0.15, 0.2) is 35.7 Å². The zero-order valence-corrected chi connectivity index (χ0v) is 15.0. The molecule has 0 atom stereocenters. The van der Waals surface area contributed by atoms with Crippen LogP contribution >= 0.6 is 11.3 Å². The molecule has 0 N–H and O–H groups in total. The molecule has 3 heterocycles. The molecule has 5 nitrogen and oxygen atoms in total. The summed E-state index contributed by atoms with van der Waals surface area (Å²) in [5.74, 6) is -0.222. The number of amides is 1. The summed E-state index contributed by atoms with van der Waals surface area (Å²) in [7, 11) is 0. The van der Waals surface area contributed by atoms with Crippen molar-refractivity contribution in [1.82, 2.24) is 9.88 Å². The molecule has 2 aliphatic heterocycles. The highest BCUT2D eigenvalue weighted by molar-refractivity contribution is 7.09. The van der Waals surface area contributed by atoms with E-state index in [0.29, 0.717) is 39.1 Å². The highest BCUT2D eigenvalue weighted by Crippen LogP contribution is 2.31. The minimum atomic E-state index is -0.420. The fourth-order valence-electron chi connectivity index (χ4n) is 3.42. The summed E-state index contributed by atoms with van der Waals surface area (Å²) >= 11 is 1.63. The zero-order chi connectivity index (χ0) is 17.1. The highest BCUT2D eigenvalue weighted by Gasteiger charge is 2.40. The minimum absolute atomic E-state index is 0.198. The van der Waals surface area contributed by atoms with Crippen molar-refractivity contribution in [1.29, 1.82) is 0 Å². The van der Waals surface area contributed by atoms with Gasteiger partial charge in [0.25, 0.3) is 0 Å². The fraction of sp³-hybridized carbons (Fsp3) is 0.474. The monoisotopic (exact) mass is 358 g/mol. The lowest BCUT2D eigenvalue weighted by molar-refractivity contribution is -0.187. The van der Waals surface area contributed by atoms with Crippen molar-refractivity contribution in [2.45, 2.75) is 31.5 Å². The summed E-state index contributed by atoms with van der Waals surface area (Å²) in [6, 6.07) is 10.1. The van der Waals surface area contributed by atoms with Crippen molar-refractivity contribution in [3.05, 3.63) is 40.7 Å². The fourth-order valence-corrected chi connectivity index (χ4v) is 4.23. The summed E-state index contributed by atoms with van der Waals surface area (Å²) < 4.78 is 11.4. The Labute approximate surface area is 151 Å². The first-order valence-electron chi connectivity index (χ1n) is 8.80. The summed E-state index contributed by atoms with van der Waals surface area (Å²) in [4.78, 5) is 19.1. The number of carbonyl (C=O) groups is 1. The predicted octanol–water partition coefficient (Wildman–Crippen LogP) is 3.11. The van der Waals surface area contributed by atoms with Crippen molar-refractivity contribution in [3.63, 3.8) is 0 Å². The van der Waals surface area contributed by atoms with Crippen LogP contribution in [0.3, 0.4) is 0 Å². The number of likely N-dealkylation sites (tertiary alicyclic amines) is 1. The van der Waals surface area contributed by atoms with Crippen molar-refractivity contribution in [2.24, 2.45) is 0 Å². The summed E-state index contributed by atoms with van der Waals surface area (Å²) in [5, 5.41) is 3.08. The van der Waals surface area contributed by atoms with E-state index >= 15 is 0 Å². The Morgan fingerprint density at radius 3 is 2.60 bits per heavy atom.